The third-order valence-corrected chi connectivity index (χ3v) is 6.95. The maximum absolute atomic E-state index is 13.0. The monoisotopic (exact) mass is 622 g/mol. The Kier molecular flexibility index (Phi) is 10.9. The SMILES string of the molecule is COCCOc1ccc(CCCOC(=O)NS(=O)(=O)c2ccc(Cl)cc2)c(Oc2ncc(C(F)(F)F)cc2Cl)c1. The number of hydrogen-bond acceptors (Lipinski definition) is 8. The summed E-state index contributed by atoms with van der Waals surface area (Å²) < 4.78 is 86.5. The van der Waals surface area contributed by atoms with Crippen LogP contribution < -0.4 is 14.2 Å². The van der Waals surface area contributed by atoms with Gasteiger partial charge in [-0.15, -0.1) is 0 Å². The van der Waals surface area contributed by atoms with E-state index in [4.69, 9.17) is 42.1 Å². The molecule has 0 unspecified atom stereocenters. The number of amides is 1. The lowest BCUT2D eigenvalue weighted by Gasteiger charge is -2.15. The van der Waals surface area contributed by atoms with Crippen LogP contribution in [0.25, 0.3) is 0 Å². The zero-order valence-corrected chi connectivity index (χ0v) is 23.2. The molecule has 0 aliphatic rings. The van der Waals surface area contributed by atoms with E-state index in [1.54, 1.807) is 16.9 Å². The summed E-state index contributed by atoms with van der Waals surface area (Å²) >= 11 is 11.7. The highest BCUT2D eigenvalue weighted by Gasteiger charge is 2.32. The molecule has 9 nitrogen and oxygen atoms in total. The number of nitrogens with one attached hydrogen (secondary N) is 1. The lowest BCUT2D eigenvalue weighted by Crippen LogP contribution is -2.31. The molecule has 3 aromatic rings. The van der Waals surface area contributed by atoms with Gasteiger partial charge in [-0.2, -0.15) is 13.2 Å². The fraction of sp³-hybridized carbons (Fsp3) is 0.280. The second kappa shape index (κ2) is 13.9. The Morgan fingerprint density at radius 1 is 1.02 bits per heavy atom. The van der Waals surface area contributed by atoms with E-state index >= 15 is 0 Å². The van der Waals surface area contributed by atoms with Gasteiger partial charge in [-0.1, -0.05) is 29.3 Å². The van der Waals surface area contributed by atoms with Crippen molar-refractivity contribution in [1.29, 1.82) is 0 Å². The van der Waals surface area contributed by atoms with E-state index in [0.29, 0.717) is 35.2 Å². The second-order valence-corrected chi connectivity index (χ2v) is 10.5. The lowest BCUT2D eigenvalue weighted by atomic mass is 10.1. The summed E-state index contributed by atoms with van der Waals surface area (Å²) in [5.41, 5.74) is -0.468. The molecule has 0 atom stereocenters. The Labute approximate surface area is 238 Å². The van der Waals surface area contributed by atoms with E-state index in [-0.39, 0.29) is 47.6 Å². The number of aryl methyl sites for hydroxylation is 1. The van der Waals surface area contributed by atoms with Crippen LogP contribution in [0, 0.1) is 0 Å². The molecule has 0 spiro atoms. The van der Waals surface area contributed by atoms with Gasteiger partial charge in [-0.25, -0.2) is 22.9 Å². The van der Waals surface area contributed by atoms with E-state index in [2.05, 4.69) is 4.98 Å². The highest BCUT2D eigenvalue weighted by atomic mass is 35.5. The number of rotatable bonds is 12. The molecule has 1 heterocycles. The van der Waals surface area contributed by atoms with Gasteiger partial charge in [-0.05, 0) is 54.8 Å². The molecule has 1 amide bonds. The quantitative estimate of drug-likeness (QED) is 0.235. The summed E-state index contributed by atoms with van der Waals surface area (Å²) in [6.07, 6.45) is -4.69. The minimum atomic E-state index is -4.63. The smallest absolute Gasteiger partial charge is 0.421 e. The van der Waals surface area contributed by atoms with Gasteiger partial charge in [-0.3, -0.25) is 0 Å². The Morgan fingerprint density at radius 3 is 2.40 bits per heavy atom. The topological polar surface area (TPSA) is 113 Å². The lowest BCUT2D eigenvalue weighted by molar-refractivity contribution is -0.137. The molecule has 0 aliphatic carbocycles. The van der Waals surface area contributed by atoms with Gasteiger partial charge in [0.15, 0.2) is 0 Å². The largest absolute Gasteiger partial charge is 0.491 e. The molecular weight excluding hydrogens is 600 g/mol. The van der Waals surface area contributed by atoms with Gasteiger partial charge in [0.2, 0.25) is 5.88 Å². The van der Waals surface area contributed by atoms with Crippen LogP contribution in [0.3, 0.4) is 0 Å². The van der Waals surface area contributed by atoms with Gasteiger partial charge in [0.05, 0.1) is 23.7 Å². The third kappa shape index (κ3) is 9.15. The first-order valence-electron chi connectivity index (χ1n) is 11.5. The highest BCUT2D eigenvalue weighted by molar-refractivity contribution is 7.90. The standard InChI is InChI=1S/C25H23Cl2F3N2O7S/c1-36-11-12-37-19-7-4-16(22(14-19)39-23-21(27)13-17(15-31-23)25(28,29)30)3-2-10-38-24(33)32-40(34,35)20-8-5-18(26)6-9-20/h4-9,13-15H,2-3,10-12H2,1H3,(H,32,33). The maximum Gasteiger partial charge on any atom is 0.421 e. The maximum atomic E-state index is 13.0. The number of aromatic nitrogens is 1. The predicted octanol–water partition coefficient (Wildman–Crippen LogP) is 6.27. The summed E-state index contributed by atoms with van der Waals surface area (Å²) in [6, 6.07) is 10.7. The molecule has 0 aliphatic heterocycles. The van der Waals surface area contributed by atoms with Crippen molar-refractivity contribution in [2.24, 2.45) is 0 Å². The molecule has 0 saturated carbocycles. The minimum absolute atomic E-state index is 0.160. The molecule has 216 valence electrons. The third-order valence-electron chi connectivity index (χ3n) is 5.10. The summed E-state index contributed by atoms with van der Waals surface area (Å²) in [5.74, 6) is 0.328. The van der Waals surface area contributed by atoms with Crippen molar-refractivity contribution >= 4 is 39.3 Å². The average Bonchev–Trinajstić information content (AvgIpc) is 2.88. The van der Waals surface area contributed by atoms with E-state index in [9.17, 15) is 26.4 Å². The first-order valence-corrected chi connectivity index (χ1v) is 13.7. The number of methoxy groups -OCH3 is 1. The zero-order valence-electron chi connectivity index (χ0n) is 20.8. The number of pyridine rings is 1. The molecule has 1 aromatic heterocycles. The number of alkyl halides is 3. The van der Waals surface area contributed by atoms with Gasteiger partial charge < -0.3 is 18.9 Å². The number of halogens is 5. The Morgan fingerprint density at radius 2 is 1.75 bits per heavy atom. The fourth-order valence-corrected chi connectivity index (χ4v) is 4.39. The van der Waals surface area contributed by atoms with Crippen LogP contribution in [0.4, 0.5) is 18.0 Å². The summed E-state index contributed by atoms with van der Waals surface area (Å²) in [6.45, 7) is 0.389. The van der Waals surface area contributed by atoms with Crippen molar-refractivity contribution in [3.05, 3.63) is 75.9 Å². The van der Waals surface area contributed by atoms with Crippen molar-refractivity contribution in [2.75, 3.05) is 26.9 Å². The van der Waals surface area contributed by atoms with Gasteiger partial charge in [0.25, 0.3) is 10.0 Å². The zero-order chi connectivity index (χ0) is 29.3. The molecule has 1 N–H and O–H groups in total. The first-order chi connectivity index (χ1) is 18.9. The van der Waals surface area contributed by atoms with Gasteiger partial charge in [0.1, 0.15) is 23.1 Å². The molecular formula is C25H23Cl2F3N2O7S. The van der Waals surface area contributed by atoms with Crippen LogP contribution in [-0.4, -0.2) is 46.4 Å². The van der Waals surface area contributed by atoms with Crippen LogP contribution in [0.2, 0.25) is 10.0 Å². The average molecular weight is 623 g/mol. The normalized spacial score (nSPS) is 11.7. The van der Waals surface area contributed by atoms with E-state index in [1.807, 2.05) is 0 Å². The van der Waals surface area contributed by atoms with Crippen LogP contribution in [0.5, 0.6) is 17.4 Å². The van der Waals surface area contributed by atoms with Crippen LogP contribution in [0.15, 0.2) is 59.6 Å². The Bertz CT molecular complexity index is 1420. The second-order valence-electron chi connectivity index (χ2n) is 8.02. The number of carbonyl (C=O) groups is 1. The number of sulfonamides is 1. The van der Waals surface area contributed by atoms with Crippen LogP contribution in [0.1, 0.15) is 17.5 Å². The van der Waals surface area contributed by atoms with E-state index < -0.39 is 27.9 Å². The minimum Gasteiger partial charge on any atom is -0.491 e. The van der Waals surface area contributed by atoms with E-state index in [0.717, 1.165) is 0 Å². The highest BCUT2D eigenvalue weighted by Crippen LogP contribution is 2.36. The summed E-state index contributed by atoms with van der Waals surface area (Å²) in [5, 5.41) is -0.0239. The predicted molar refractivity (Wildman–Crippen MR) is 140 cm³/mol. The molecule has 2 aromatic carbocycles. The molecule has 3 rings (SSSR count). The molecule has 0 radical (unpaired) electrons. The molecule has 0 bridgehead atoms. The van der Waals surface area contributed by atoms with Crippen molar-refractivity contribution in [2.45, 2.75) is 23.9 Å². The molecule has 0 fully saturated rings. The first kappa shape index (κ1) is 31.3. The van der Waals surface area contributed by atoms with E-state index in [1.165, 1.54) is 37.4 Å². The number of carbonyl (C=O) groups excluding carboxylic acids is 1. The Hall–Kier alpha value is -3.26. The van der Waals surface area contributed by atoms with Crippen LogP contribution in [-0.2, 0) is 32.1 Å². The molecule has 15 heteroatoms. The molecule has 0 saturated heterocycles. The van der Waals surface area contributed by atoms with Crippen LogP contribution >= 0.6 is 23.2 Å². The summed E-state index contributed by atoms with van der Waals surface area (Å²) in [4.78, 5) is 15.6. The summed E-state index contributed by atoms with van der Waals surface area (Å²) in [7, 11) is -2.65. The number of benzene rings is 2. The molecule has 40 heavy (non-hydrogen) atoms. The number of ether oxygens (including phenoxy) is 4. The van der Waals surface area contributed by atoms with Gasteiger partial charge in [0, 0.05) is 24.4 Å². The Balaban J connectivity index is 1.66. The van der Waals surface area contributed by atoms with Crippen molar-refractivity contribution in [1.82, 2.24) is 9.71 Å². The van der Waals surface area contributed by atoms with Crippen molar-refractivity contribution in [3.8, 4) is 17.4 Å². The van der Waals surface area contributed by atoms with Crippen molar-refractivity contribution in [3.63, 3.8) is 0 Å². The number of hydrogen-bond donors (Lipinski definition) is 1. The van der Waals surface area contributed by atoms with Gasteiger partial charge >= 0.3 is 12.3 Å². The van der Waals surface area contributed by atoms with Crippen molar-refractivity contribution < 1.29 is 45.3 Å². The number of nitrogens with zero attached hydrogens (tertiary/aromatic N) is 1. The fourth-order valence-electron chi connectivity index (χ4n) is 3.17.